The molecular weight excluding hydrogens is 608 g/mol. The van der Waals surface area contributed by atoms with Crippen molar-refractivity contribution in [2.24, 2.45) is 11.1 Å². The van der Waals surface area contributed by atoms with Gasteiger partial charge in [0.1, 0.15) is 11.4 Å². The zero-order valence-electron chi connectivity index (χ0n) is 28.9. The van der Waals surface area contributed by atoms with E-state index in [-0.39, 0.29) is 17.6 Å². The van der Waals surface area contributed by atoms with Gasteiger partial charge >= 0.3 is 0 Å². The van der Waals surface area contributed by atoms with E-state index in [1.807, 2.05) is 19.1 Å². The number of carbonyl (C=O) groups excluding carboxylic acids is 1. The van der Waals surface area contributed by atoms with Gasteiger partial charge in [-0.25, -0.2) is 0 Å². The number of fused-ring (bicyclic) bond motifs is 1. The Bertz CT molecular complexity index is 1740. The number of piperidine rings is 1. The first-order chi connectivity index (χ1) is 24.0. The summed E-state index contributed by atoms with van der Waals surface area (Å²) in [6.07, 6.45) is 3.87. The number of anilines is 2. The second kappa shape index (κ2) is 15.0. The molecule has 0 spiro atoms. The molecule has 49 heavy (non-hydrogen) atoms. The largest absolute Gasteiger partial charge is 0.493 e. The van der Waals surface area contributed by atoms with E-state index in [0.29, 0.717) is 18.7 Å². The number of ether oxygens (including phenoxy) is 1. The minimum Gasteiger partial charge on any atom is -0.493 e. The van der Waals surface area contributed by atoms with E-state index in [1.54, 1.807) is 12.1 Å². The number of benzene rings is 4. The number of hydrogen-bond donors (Lipinski definition) is 0. The Hall–Kier alpha value is -4.49. The quantitative estimate of drug-likeness (QED) is 0.126. The molecule has 4 aromatic carbocycles. The molecule has 0 saturated carbocycles. The number of rotatable bonds is 10. The van der Waals surface area contributed by atoms with Crippen molar-refractivity contribution in [2.75, 3.05) is 62.2 Å². The Kier molecular flexibility index (Phi) is 10.1. The van der Waals surface area contributed by atoms with Gasteiger partial charge in [0.25, 0.3) is 0 Å². The van der Waals surface area contributed by atoms with Crippen LogP contribution in [0.5, 0.6) is 5.75 Å². The Morgan fingerprint density at radius 1 is 0.776 bits per heavy atom. The van der Waals surface area contributed by atoms with Gasteiger partial charge < -0.3 is 14.5 Å². The number of aryl methyl sites for hydroxylation is 1. The summed E-state index contributed by atoms with van der Waals surface area (Å²) in [5, 5.41) is 3.13. The number of nitrogens with zero attached hydrogens (tertiary/aromatic N) is 4. The predicted octanol–water partition coefficient (Wildman–Crippen LogP) is 8.59. The van der Waals surface area contributed by atoms with Crippen LogP contribution in [0.15, 0.2) is 96.2 Å². The van der Waals surface area contributed by atoms with E-state index in [2.05, 4.69) is 93.5 Å². The lowest BCUT2D eigenvalue weighted by Crippen LogP contribution is -2.49. The zero-order valence-corrected chi connectivity index (χ0v) is 28.9. The van der Waals surface area contributed by atoms with Crippen LogP contribution in [0.25, 0.3) is 0 Å². The Morgan fingerprint density at radius 3 is 2.18 bits per heavy atom. The molecule has 2 fully saturated rings. The number of ketones is 1. The molecule has 0 aromatic heterocycles. The highest BCUT2D eigenvalue weighted by atomic mass is 16.5. The lowest BCUT2D eigenvalue weighted by molar-refractivity contribution is 0.0987. The average Bonchev–Trinajstić information content (AvgIpc) is 3.17. The Balaban J connectivity index is 0.952. The van der Waals surface area contributed by atoms with Crippen LogP contribution >= 0.6 is 0 Å². The van der Waals surface area contributed by atoms with Crippen molar-refractivity contribution in [3.63, 3.8) is 0 Å². The minimum atomic E-state index is 0.130. The molecule has 2 saturated heterocycles. The maximum atomic E-state index is 12.4. The summed E-state index contributed by atoms with van der Waals surface area (Å²) in [4.78, 5) is 31.3. The lowest BCUT2D eigenvalue weighted by atomic mass is 9.76. The molecule has 0 bridgehead atoms. The molecule has 0 N–H and O–H groups in total. The molecule has 0 amide bonds. The molecule has 0 radical (unpaired) electrons. The number of piperazine rings is 1. The SMILES string of the molecule is CCC(=O)c1ccc(N2CCN(CC3CCN(c4ccc(C5c6ccc(N=O)cc6OCC5c5ccccc5)cc4)CC3)CC2)cc1CC. The molecule has 254 valence electrons. The fourth-order valence-electron chi connectivity index (χ4n) is 8.21. The molecule has 2 unspecified atom stereocenters. The first-order valence-electron chi connectivity index (χ1n) is 18.2. The molecule has 4 aromatic rings. The summed E-state index contributed by atoms with van der Waals surface area (Å²) in [5.41, 5.74) is 8.63. The molecule has 3 aliphatic heterocycles. The summed E-state index contributed by atoms with van der Waals surface area (Å²) in [6, 6.07) is 31.8. The Labute approximate surface area is 290 Å². The maximum Gasteiger partial charge on any atom is 0.162 e. The minimum absolute atomic E-state index is 0.130. The first kappa shape index (κ1) is 33.0. The van der Waals surface area contributed by atoms with Gasteiger partial charge in [-0.15, -0.1) is 4.91 Å². The highest BCUT2D eigenvalue weighted by Gasteiger charge is 2.34. The summed E-state index contributed by atoms with van der Waals surface area (Å²) in [5.74, 6) is 2.03. The van der Waals surface area contributed by atoms with Gasteiger partial charge in [0.05, 0.1) is 6.61 Å². The van der Waals surface area contributed by atoms with Crippen molar-refractivity contribution in [2.45, 2.75) is 51.4 Å². The van der Waals surface area contributed by atoms with Crippen LogP contribution in [0.2, 0.25) is 0 Å². The van der Waals surface area contributed by atoms with Crippen LogP contribution < -0.4 is 14.5 Å². The topological polar surface area (TPSA) is 65.5 Å². The van der Waals surface area contributed by atoms with Gasteiger partial charge in [-0.05, 0) is 83.4 Å². The van der Waals surface area contributed by atoms with Crippen LogP contribution in [-0.4, -0.2) is 63.1 Å². The van der Waals surface area contributed by atoms with Gasteiger partial charge in [0, 0.05) is 92.6 Å². The fourth-order valence-corrected chi connectivity index (χ4v) is 8.21. The highest BCUT2D eigenvalue weighted by molar-refractivity contribution is 5.97. The van der Waals surface area contributed by atoms with E-state index in [4.69, 9.17) is 4.74 Å². The van der Waals surface area contributed by atoms with Crippen molar-refractivity contribution in [3.8, 4) is 5.75 Å². The summed E-state index contributed by atoms with van der Waals surface area (Å²) >= 11 is 0. The first-order valence-corrected chi connectivity index (χ1v) is 18.2. The molecular formula is C42H48N4O3. The monoisotopic (exact) mass is 656 g/mol. The standard InChI is InChI=1S/C42H48N4O3/c1-3-31-26-36(15-17-37(31)40(47)4-2)46-24-22-44(23-25-46)28-30-18-20-45(21-19-30)35-13-10-33(11-14-35)42-38-16-12-34(43-48)27-41(38)49-29-39(42)32-8-6-5-7-9-32/h5-17,26-27,30,39,42H,3-4,18-25,28-29H2,1-2H3. The van der Waals surface area contributed by atoms with Crippen molar-refractivity contribution in [3.05, 3.63) is 124 Å². The number of nitroso groups, excluding NO2 is 1. The van der Waals surface area contributed by atoms with E-state index >= 15 is 0 Å². The summed E-state index contributed by atoms with van der Waals surface area (Å²) in [6.45, 7) is 12.2. The lowest BCUT2D eigenvalue weighted by Gasteiger charge is -2.40. The van der Waals surface area contributed by atoms with E-state index in [9.17, 15) is 9.70 Å². The van der Waals surface area contributed by atoms with Crippen LogP contribution in [-0.2, 0) is 6.42 Å². The highest BCUT2D eigenvalue weighted by Crippen LogP contribution is 2.47. The average molecular weight is 657 g/mol. The van der Waals surface area contributed by atoms with Crippen molar-refractivity contribution in [1.82, 2.24) is 4.90 Å². The molecule has 7 heteroatoms. The zero-order chi connectivity index (χ0) is 33.7. The second-order valence-corrected chi connectivity index (χ2v) is 13.9. The van der Waals surface area contributed by atoms with Gasteiger partial charge in [0.2, 0.25) is 0 Å². The number of carbonyl (C=O) groups is 1. The molecule has 3 aliphatic rings. The van der Waals surface area contributed by atoms with E-state index in [1.165, 1.54) is 47.5 Å². The van der Waals surface area contributed by atoms with Gasteiger partial charge in [-0.2, -0.15) is 0 Å². The molecule has 7 rings (SSSR count). The summed E-state index contributed by atoms with van der Waals surface area (Å²) in [7, 11) is 0. The molecule has 2 atom stereocenters. The van der Waals surface area contributed by atoms with Crippen LogP contribution in [0.3, 0.4) is 0 Å². The van der Waals surface area contributed by atoms with E-state index < -0.39 is 0 Å². The molecule has 0 aliphatic carbocycles. The van der Waals surface area contributed by atoms with Crippen molar-refractivity contribution < 1.29 is 9.53 Å². The van der Waals surface area contributed by atoms with Gasteiger partial charge in [0.15, 0.2) is 5.78 Å². The third-order valence-electron chi connectivity index (χ3n) is 11.1. The van der Waals surface area contributed by atoms with Crippen LogP contribution in [0, 0.1) is 10.8 Å². The normalized spacial score (nSPS) is 20.0. The van der Waals surface area contributed by atoms with Crippen molar-refractivity contribution >= 4 is 22.8 Å². The van der Waals surface area contributed by atoms with Crippen molar-refractivity contribution in [1.29, 1.82) is 0 Å². The second-order valence-electron chi connectivity index (χ2n) is 13.9. The van der Waals surface area contributed by atoms with E-state index in [0.717, 1.165) is 68.5 Å². The van der Waals surface area contributed by atoms with Crippen LogP contribution in [0.1, 0.15) is 77.6 Å². The predicted molar refractivity (Wildman–Crippen MR) is 199 cm³/mol. The smallest absolute Gasteiger partial charge is 0.162 e. The van der Waals surface area contributed by atoms with Gasteiger partial charge in [-0.1, -0.05) is 62.4 Å². The Morgan fingerprint density at radius 2 is 1.49 bits per heavy atom. The van der Waals surface area contributed by atoms with Crippen LogP contribution in [0.4, 0.5) is 17.1 Å². The summed E-state index contributed by atoms with van der Waals surface area (Å²) < 4.78 is 6.19. The fraction of sp³-hybridized carbons (Fsp3) is 0.405. The molecule has 3 heterocycles. The third kappa shape index (κ3) is 7.13. The number of Topliss-reactive ketones (excluding diaryl/α,β-unsaturated/α-hetero) is 1. The van der Waals surface area contributed by atoms with Gasteiger partial charge in [-0.3, -0.25) is 9.69 Å². The third-order valence-corrected chi connectivity index (χ3v) is 11.1. The molecule has 7 nitrogen and oxygen atoms in total. The number of hydrogen-bond acceptors (Lipinski definition) is 7. The maximum absolute atomic E-state index is 12.4.